The van der Waals surface area contributed by atoms with Gasteiger partial charge in [-0.05, 0) is 126 Å². The molecule has 0 aromatic carbocycles. The van der Waals surface area contributed by atoms with E-state index in [1.807, 2.05) is 0 Å². The lowest BCUT2D eigenvalue weighted by Gasteiger charge is -2.60. The molecule has 2 aliphatic heterocycles. The summed E-state index contributed by atoms with van der Waals surface area (Å²) < 4.78 is 0. The van der Waals surface area contributed by atoms with Crippen molar-refractivity contribution < 1.29 is 19.8 Å². The highest BCUT2D eigenvalue weighted by Gasteiger charge is 2.58. The Hall–Kier alpha value is -2.24. The van der Waals surface area contributed by atoms with E-state index in [2.05, 4.69) is 22.8 Å². The first-order chi connectivity index (χ1) is 21.0. The van der Waals surface area contributed by atoms with Crippen molar-refractivity contribution >= 4 is 11.8 Å². The van der Waals surface area contributed by atoms with Crippen LogP contribution in [-0.2, 0) is 9.59 Å². The molecule has 8 aliphatic carbocycles. The minimum absolute atomic E-state index is 0.0453. The molecule has 8 saturated carbocycles. The quantitative estimate of drug-likeness (QED) is 0.360. The Kier molecular flexibility index (Phi) is 7.76. The van der Waals surface area contributed by atoms with E-state index < -0.39 is 11.2 Å². The Morgan fingerprint density at radius 2 is 1.02 bits per heavy atom. The van der Waals surface area contributed by atoms with E-state index >= 15 is 0 Å². The number of carbonyl (C=O) groups is 2. The summed E-state index contributed by atoms with van der Waals surface area (Å²) in [6.07, 6.45) is 15.7. The molecule has 0 aromatic rings. The van der Waals surface area contributed by atoms with Crippen LogP contribution < -0.4 is 10.6 Å². The summed E-state index contributed by atoms with van der Waals surface area (Å²) in [7, 11) is 0. The number of likely N-dealkylation sites (tertiary alicyclic amines) is 2. The van der Waals surface area contributed by atoms with Gasteiger partial charge in [0.25, 0.3) is 0 Å². The normalized spacial score (nSPS) is 46.0. The van der Waals surface area contributed by atoms with E-state index in [0.29, 0.717) is 49.9 Å². The van der Waals surface area contributed by atoms with Crippen molar-refractivity contribution in [3.8, 4) is 12.1 Å². The Bertz CT molecular complexity index is 1120. The molecule has 10 fully saturated rings. The molecular formula is C34H50N6O4. The van der Waals surface area contributed by atoms with Gasteiger partial charge in [-0.25, -0.2) is 0 Å². The molecule has 10 nitrogen and oxygen atoms in total. The Balaban J connectivity index is 0.000000142. The van der Waals surface area contributed by atoms with Crippen molar-refractivity contribution in [3.63, 3.8) is 0 Å². The van der Waals surface area contributed by atoms with Crippen molar-refractivity contribution in [3.05, 3.63) is 0 Å². The fourth-order valence-corrected chi connectivity index (χ4v) is 12.0. The third-order valence-corrected chi connectivity index (χ3v) is 12.7. The van der Waals surface area contributed by atoms with Crippen molar-refractivity contribution in [2.24, 2.45) is 23.7 Å². The SMILES string of the molecule is N#C[C@@H]1CCCN1C(=O)CNC12CC3CC(CC(O)(C3)C1)C2.N#C[C@@H]1CCCN1C(=O)CNC12CC3CC(CC(O)(C3)C1)C2. The lowest BCUT2D eigenvalue weighted by molar-refractivity contribution is -0.147. The number of nitriles is 2. The maximum Gasteiger partial charge on any atom is 0.237 e. The van der Waals surface area contributed by atoms with Crippen LogP contribution in [0.2, 0.25) is 0 Å². The third kappa shape index (κ3) is 5.77. The zero-order valence-corrected chi connectivity index (χ0v) is 26.1. The standard InChI is InChI=1S/2C17H25N3O2/c2*18-9-14-2-1-3-20(14)15(21)10-19-16-5-12-4-13(6-16)8-17(22,7-12)11-16/h2*12-14,19,22H,1-8,10-11H2/t2*12?,13?,14-,16?,17?/m00/s1. The molecule has 6 atom stereocenters. The molecule has 10 rings (SSSR count). The molecular weight excluding hydrogens is 556 g/mol. The van der Waals surface area contributed by atoms with Gasteiger partial charge in [-0.15, -0.1) is 0 Å². The molecule has 8 bridgehead atoms. The predicted molar refractivity (Wildman–Crippen MR) is 161 cm³/mol. The van der Waals surface area contributed by atoms with Gasteiger partial charge in [0.05, 0.1) is 36.4 Å². The minimum Gasteiger partial charge on any atom is -0.390 e. The Labute approximate surface area is 261 Å². The number of amides is 2. The molecule has 44 heavy (non-hydrogen) atoms. The number of hydrogen-bond donors (Lipinski definition) is 4. The number of rotatable bonds is 6. The molecule has 2 amide bonds. The van der Waals surface area contributed by atoms with Gasteiger partial charge in [-0.2, -0.15) is 10.5 Å². The molecule has 10 aliphatic rings. The second kappa shape index (κ2) is 11.2. The van der Waals surface area contributed by atoms with Crippen molar-refractivity contribution in [2.75, 3.05) is 26.2 Å². The predicted octanol–water partition coefficient (Wildman–Crippen LogP) is 2.35. The first-order valence-corrected chi connectivity index (χ1v) is 17.3. The summed E-state index contributed by atoms with van der Waals surface area (Å²) in [6, 6.07) is 3.98. The minimum atomic E-state index is -0.497. The van der Waals surface area contributed by atoms with Crippen LogP contribution in [0.5, 0.6) is 0 Å². The Morgan fingerprint density at radius 1 is 0.659 bits per heavy atom. The molecule has 2 heterocycles. The van der Waals surface area contributed by atoms with Gasteiger partial charge in [-0.3, -0.25) is 9.59 Å². The van der Waals surface area contributed by atoms with Crippen molar-refractivity contribution in [1.82, 2.24) is 20.4 Å². The van der Waals surface area contributed by atoms with Gasteiger partial charge < -0.3 is 30.6 Å². The summed E-state index contributed by atoms with van der Waals surface area (Å²) in [5.74, 6) is 2.57. The van der Waals surface area contributed by atoms with Crippen LogP contribution in [0, 0.1) is 46.3 Å². The summed E-state index contributed by atoms with van der Waals surface area (Å²) in [6.45, 7) is 2.04. The van der Waals surface area contributed by atoms with Crippen molar-refractivity contribution in [1.29, 1.82) is 10.5 Å². The van der Waals surface area contributed by atoms with E-state index in [-0.39, 0.29) is 35.0 Å². The number of carbonyl (C=O) groups excluding carboxylic acids is 2. The van der Waals surface area contributed by atoms with E-state index in [0.717, 1.165) is 89.9 Å². The van der Waals surface area contributed by atoms with Crippen LogP contribution in [0.25, 0.3) is 0 Å². The summed E-state index contributed by atoms with van der Waals surface area (Å²) in [5, 5.41) is 46.8. The average molecular weight is 607 g/mol. The number of hydrogen-bond acceptors (Lipinski definition) is 8. The van der Waals surface area contributed by atoms with E-state index in [9.17, 15) is 19.8 Å². The number of nitrogens with zero attached hydrogens (tertiary/aromatic N) is 4. The molecule has 2 saturated heterocycles. The van der Waals surface area contributed by atoms with Crippen LogP contribution in [0.1, 0.15) is 103 Å². The zero-order chi connectivity index (χ0) is 30.7. The smallest absolute Gasteiger partial charge is 0.237 e. The number of nitrogens with one attached hydrogen (secondary N) is 2. The first-order valence-electron chi connectivity index (χ1n) is 17.3. The highest BCUT2D eigenvalue weighted by molar-refractivity contribution is 5.80. The molecule has 240 valence electrons. The highest BCUT2D eigenvalue weighted by Crippen LogP contribution is 2.58. The topological polar surface area (TPSA) is 153 Å². The van der Waals surface area contributed by atoms with Crippen LogP contribution >= 0.6 is 0 Å². The molecule has 0 spiro atoms. The maximum absolute atomic E-state index is 12.4. The molecule has 4 unspecified atom stereocenters. The van der Waals surface area contributed by atoms with Gasteiger partial charge in [0.15, 0.2) is 0 Å². The van der Waals surface area contributed by atoms with E-state index in [4.69, 9.17) is 10.5 Å². The average Bonchev–Trinajstić information content (AvgIpc) is 3.62. The summed E-state index contributed by atoms with van der Waals surface area (Å²) >= 11 is 0. The monoisotopic (exact) mass is 606 g/mol. The van der Waals surface area contributed by atoms with E-state index in [1.165, 1.54) is 12.8 Å². The molecule has 4 N–H and O–H groups in total. The lowest BCUT2D eigenvalue weighted by atomic mass is 9.51. The molecule has 0 aromatic heterocycles. The molecule has 0 radical (unpaired) electrons. The fraction of sp³-hybridized carbons (Fsp3) is 0.882. The van der Waals surface area contributed by atoms with Crippen molar-refractivity contribution in [2.45, 2.75) is 137 Å². The van der Waals surface area contributed by atoms with Crippen LogP contribution in [0.3, 0.4) is 0 Å². The van der Waals surface area contributed by atoms with Gasteiger partial charge in [0.2, 0.25) is 11.8 Å². The van der Waals surface area contributed by atoms with Crippen LogP contribution in [0.15, 0.2) is 0 Å². The van der Waals surface area contributed by atoms with Gasteiger partial charge in [0, 0.05) is 24.2 Å². The van der Waals surface area contributed by atoms with Gasteiger partial charge >= 0.3 is 0 Å². The first kappa shape index (κ1) is 30.4. The largest absolute Gasteiger partial charge is 0.390 e. The van der Waals surface area contributed by atoms with Gasteiger partial charge in [-0.1, -0.05) is 0 Å². The highest BCUT2D eigenvalue weighted by atomic mass is 16.3. The third-order valence-electron chi connectivity index (χ3n) is 12.7. The second-order valence-corrected chi connectivity index (χ2v) is 16.4. The maximum atomic E-state index is 12.4. The second-order valence-electron chi connectivity index (χ2n) is 16.4. The van der Waals surface area contributed by atoms with E-state index in [1.54, 1.807) is 9.80 Å². The van der Waals surface area contributed by atoms with Crippen LogP contribution in [0.4, 0.5) is 0 Å². The lowest BCUT2D eigenvalue weighted by Crippen LogP contribution is -2.65. The zero-order valence-electron chi connectivity index (χ0n) is 26.1. The molecule has 10 heteroatoms. The fourth-order valence-electron chi connectivity index (χ4n) is 12.0. The van der Waals surface area contributed by atoms with Crippen LogP contribution in [-0.4, -0.2) is 92.4 Å². The number of aliphatic hydroxyl groups is 2. The Morgan fingerprint density at radius 3 is 1.34 bits per heavy atom. The summed E-state index contributed by atoms with van der Waals surface area (Å²) in [5.41, 5.74) is -1.08. The van der Waals surface area contributed by atoms with Gasteiger partial charge in [0.1, 0.15) is 12.1 Å². The summed E-state index contributed by atoms with van der Waals surface area (Å²) in [4.78, 5) is 28.3.